The molecule has 0 radical (unpaired) electrons. The van der Waals surface area contributed by atoms with Crippen molar-refractivity contribution < 1.29 is 9.18 Å². The smallest absolute Gasteiger partial charge is 0.224 e. The van der Waals surface area contributed by atoms with Gasteiger partial charge in [-0.15, -0.1) is 0 Å². The molecule has 0 saturated carbocycles. The summed E-state index contributed by atoms with van der Waals surface area (Å²) in [5.41, 5.74) is 4.88. The van der Waals surface area contributed by atoms with Crippen LogP contribution in [0.4, 0.5) is 10.1 Å². The zero-order valence-corrected chi connectivity index (χ0v) is 19.1. The van der Waals surface area contributed by atoms with E-state index in [0.717, 1.165) is 16.8 Å². The lowest BCUT2D eigenvalue weighted by atomic mass is 10.1. The lowest BCUT2D eigenvalue weighted by Crippen LogP contribution is -2.09. The lowest BCUT2D eigenvalue weighted by molar-refractivity contribution is -0.115. The molecule has 1 aromatic carbocycles. The van der Waals surface area contributed by atoms with Gasteiger partial charge in [0.2, 0.25) is 5.91 Å². The van der Waals surface area contributed by atoms with E-state index in [1.54, 1.807) is 19.2 Å². The van der Waals surface area contributed by atoms with Crippen molar-refractivity contribution in [2.45, 2.75) is 13.3 Å². The van der Waals surface area contributed by atoms with Crippen LogP contribution in [0.15, 0.2) is 67.3 Å². The number of hydrogen-bond acceptors (Lipinski definition) is 6. The summed E-state index contributed by atoms with van der Waals surface area (Å²) in [4.78, 5) is 32.6. The van der Waals surface area contributed by atoms with Crippen molar-refractivity contribution in [2.75, 3.05) is 5.32 Å². The van der Waals surface area contributed by atoms with Gasteiger partial charge in [-0.3, -0.25) is 24.8 Å². The minimum Gasteiger partial charge on any atom is -0.337 e. The fourth-order valence-electron chi connectivity index (χ4n) is 4.11. The number of hydrogen-bond donors (Lipinski definition) is 3. The number of amides is 1. The van der Waals surface area contributed by atoms with E-state index in [9.17, 15) is 4.79 Å². The highest BCUT2D eigenvalue weighted by molar-refractivity contribution is 5.98. The monoisotopic (exact) mass is 478 g/mol. The molecule has 0 atom stereocenters. The topological polar surface area (TPSA) is 125 Å². The predicted molar refractivity (Wildman–Crippen MR) is 134 cm³/mol. The van der Waals surface area contributed by atoms with Crippen LogP contribution in [-0.2, 0) is 4.79 Å². The van der Waals surface area contributed by atoms with E-state index in [0.29, 0.717) is 40.2 Å². The summed E-state index contributed by atoms with van der Waals surface area (Å²) in [6.45, 7) is 1.75. The molecular weight excluding hydrogens is 459 g/mol. The van der Waals surface area contributed by atoms with Crippen LogP contribution in [0.2, 0.25) is 0 Å². The standard InChI is InChI=1S/C26H19FN8O/c1-2-20(36)31-15-10-14(11-28-12-15)23-22(27)21-19(13-30-23)34-35-25(21)26-32-18-8-5-6-16(24(18)33-26)17-7-3-4-9-29-17/h3-13H,2H2,1H3,(H,31,36)(H,32,33)(H,34,35). The van der Waals surface area contributed by atoms with Crippen molar-refractivity contribution >= 4 is 33.5 Å². The molecule has 0 spiro atoms. The van der Waals surface area contributed by atoms with Crippen molar-refractivity contribution in [3.05, 3.63) is 73.1 Å². The number of para-hydroxylation sites is 1. The summed E-state index contributed by atoms with van der Waals surface area (Å²) < 4.78 is 15.9. The van der Waals surface area contributed by atoms with Gasteiger partial charge in [-0.05, 0) is 24.3 Å². The van der Waals surface area contributed by atoms with Crippen LogP contribution in [-0.4, -0.2) is 41.0 Å². The Hall–Kier alpha value is -4.99. The molecule has 9 nitrogen and oxygen atoms in total. The van der Waals surface area contributed by atoms with Crippen LogP contribution >= 0.6 is 0 Å². The van der Waals surface area contributed by atoms with E-state index in [1.807, 2.05) is 36.4 Å². The van der Waals surface area contributed by atoms with Gasteiger partial charge in [-0.2, -0.15) is 5.10 Å². The summed E-state index contributed by atoms with van der Waals surface area (Å²) in [7, 11) is 0. The zero-order chi connectivity index (χ0) is 24.6. The Bertz CT molecular complexity index is 1740. The molecule has 0 aliphatic carbocycles. The summed E-state index contributed by atoms with van der Waals surface area (Å²) in [5.74, 6) is -0.315. The van der Waals surface area contributed by atoms with Crippen LogP contribution in [0.5, 0.6) is 0 Å². The summed E-state index contributed by atoms with van der Waals surface area (Å²) in [6, 6.07) is 13.1. The van der Waals surface area contributed by atoms with Crippen molar-refractivity contribution in [3.63, 3.8) is 0 Å². The Labute approximate surface area is 203 Å². The van der Waals surface area contributed by atoms with E-state index in [1.165, 1.54) is 18.6 Å². The number of halogens is 1. The van der Waals surface area contributed by atoms with Crippen molar-refractivity contribution in [2.24, 2.45) is 0 Å². The van der Waals surface area contributed by atoms with Crippen molar-refractivity contribution in [3.8, 4) is 34.0 Å². The normalized spacial score (nSPS) is 11.3. The molecule has 36 heavy (non-hydrogen) atoms. The van der Waals surface area contributed by atoms with Gasteiger partial charge in [-0.1, -0.05) is 25.1 Å². The number of aromatic nitrogens is 7. The first-order chi connectivity index (χ1) is 17.6. The number of rotatable bonds is 5. The Kier molecular flexibility index (Phi) is 5.18. The lowest BCUT2D eigenvalue weighted by Gasteiger charge is -2.07. The van der Waals surface area contributed by atoms with Gasteiger partial charge in [0.1, 0.15) is 11.4 Å². The maximum atomic E-state index is 15.9. The third kappa shape index (κ3) is 3.65. The number of carbonyl (C=O) groups is 1. The number of benzene rings is 1. The maximum absolute atomic E-state index is 15.9. The van der Waals surface area contributed by atoms with Gasteiger partial charge in [0, 0.05) is 29.9 Å². The van der Waals surface area contributed by atoms with Crippen LogP contribution in [0.3, 0.4) is 0 Å². The fourth-order valence-corrected chi connectivity index (χ4v) is 4.11. The molecule has 0 aliphatic rings. The number of H-pyrrole nitrogens is 2. The number of carbonyl (C=O) groups excluding carboxylic acids is 1. The molecule has 0 fully saturated rings. The Morgan fingerprint density at radius 1 is 1.03 bits per heavy atom. The van der Waals surface area contributed by atoms with E-state index in [-0.39, 0.29) is 17.0 Å². The molecule has 0 aliphatic heterocycles. The first-order valence-electron chi connectivity index (χ1n) is 11.3. The molecule has 0 unspecified atom stereocenters. The fraction of sp³-hybridized carbons (Fsp3) is 0.0769. The van der Waals surface area contributed by atoms with E-state index in [4.69, 9.17) is 4.98 Å². The quantitative estimate of drug-likeness (QED) is 0.316. The van der Waals surface area contributed by atoms with Crippen LogP contribution in [0.25, 0.3) is 56.0 Å². The molecule has 6 rings (SSSR count). The van der Waals surface area contributed by atoms with E-state index >= 15 is 4.39 Å². The molecule has 0 bridgehead atoms. The third-order valence-corrected chi connectivity index (χ3v) is 5.84. The molecular formula is C26H19FN8O. The number of imidazole rings is 1. The maximum Gasteiger partial charge on any atom is 0.224 e. The summed E-state index contributed by atoms with van der Waals surface area (Å²) in [5, 5.41) is 10.2. The van der Waals surface area contributed by atoms with Crippen LogP contribution < -0.4 is 5.32 Å². The number of nitrogens with one attached hydrogen (secondary N) is 3. The van der Waals surface area contributed by atoms with Gasteiger partial charge in [0.05, 0.1) is 45.7 Å². The highest BCUT2D eigenvalue weighted by Crippen LogP contribution is 2.34. The highest BCUT2D eigenvalue weighted by Gasteiger charge is 2.21. The molecule has 10 heteroatoms. The average Bonchev–Trinajstić information content (AvgIpc) is 3.54. The second-order valence-electron chi connectivity index (χ2n) is 8.15. The SMILES string of the molecule is CCC(=O)Nc1cncc(-c2ncc3[nH]nc(-c4nc5c(-c6ccccn6)cccc5[nH]4)c3c2F)c1. The number of nitrogens with zero attached hydrogens (tertiary/aromatic N) is 5. The van der Waals surface area contributed by atoms with Crippen LogP contribution in [0, 0.1) is 5.82 Å². The van der Waals surface area contributed by atoms with Gasteiger partial charge in [0.25, 0.3) is 0 Å². The van der Waals surface area contributed by atoms with Gasteiger partial charge >= 0.3 is 0 Å². The number of aromatic amines is 2. The van der Waals surface area contributed by atoms with Crippen molar-refractivity contribution in [1.82, 2.24) is 35.1 Å². The molecule has 5 aromatic heterocycles. The average molecular weight is 478 g/mol. The van der Waals surface area contributed by atoms with Gasteiger partial charge in [-0.25, -0.2) is 9.37 Å². The second-order valence-corrected chi connectivity index (χ2v) is 8.15. The Morgan fingerprint density at radius 3 is 2.78 bits per heavy atom. The van der Waals surface area contributed by atoms with E-state index < -0.39 is 5.82 Å². The highest BCUT2D eigenvalue weighted by atomic mass is 19.1. The molecule has 3 N–H and O–H groups in total. The Balaban J connectivity index is 1.47. The van der Waals surface area contributed by atoms with E-state index in [2.05, 4.69) is 35.5 Å². The first kappa shape index (κ1) is 21.5. The molecule has 6 aromatic rings. The zero-order valence-electron chi connectivity index (χ0n) is 19.1. The molecule has 5 heterocycles. The minimum absolute atomic E-state index is 0.0931. The Morgan fingerprint density at radius 2 is 1.94 bits per heavy atom. The second kappa shape index (κ2) is 8.66. The van der Waals surface area contributed by atoms with Gasteiger partial charge in [0.15, 0.2) is 11.6 Å². The first-order valence-corrected chi connectivity index (χ1v) is 11.3. The van der Waals surface area contributed by atoms with Gasteiger partial charge < -0.3 is 10.3 Å². The minimum atomic E-state index is -0.567. The predicted octanol–water partition coefficient (Wildman–Crippen LogP) is 5.11. The third-order valence-electron chi connectivity index (χ3n) is 5.84. The summed E-state index contributed by atoms with van der Waals surface area (Å²) >= 11 is 0. The number of anilines is 1. The van der Waals surface area contributed by atoms with Crippen LogP contribution in [0.1, 0.15) is 13.3 Å². The molecule has 0 saturated heterocycles. The largest absolute Gasteiger partial charge is 0.337 e. The number of fused-ring (bicyclic) bond motifs is 2. The molecule has 176 valence electrons. The summed E-state index contributed by atoms with van der Waals surface area (Å²) in [6.07, 6.45) is 6.57. The number of pyridine rings is 3. The molecule has 1 amide bonds. The van der Waals surface area contributed by atoms with Crippen molar-refractivity contribution in [1.29, 1.82) is 0 Å².